The van der Waals surface area contributed by atoms with E-state index in [0.29, 0.717) is 5.56 Å². The Labute approximate surface area is 122 Å². The summed E-state index contributed by atoms with van der Waals surface area (Å²) in [6.07, 6.45) is 1.82. The van der Waals surface area contributed by atoms with Crippen LogP contribution in [0.25, 0.3) is 0 Å². The molecular formula is C15H20BrNO2. The van der Waals surface area contributed by atoms with Crippen molar-refractivity contribution in [3.63, 3.8) is 0 Å². The summed E-state index contributed by atoms with van der Waals surface area (Å²) < 4.78 is 0.942. The third-order valence-electron chi connectivity index (χ3n) is 3.83. The fraction of sp³-hybridized carbons (Fsp3) is 0.533. The van der Waals surface area contributed by atoms with Gasteiger partial charge in [0.2, 0.25) is 0 Å². The summed E-state index contributed by atoms with van der Waals surface area (Å²) in [5.41, 5.74) is 0.811. The number of rotatable bonds is 2. The van der Waals surface area contributed by atoms with E-state index in [4.69, 9.17) is 0 Å². The van der Waals surface area contributed by atoms with Gasteiger partial charge in [-0.2, -0.15) is 0 Å². The first-order chi connectivity index (χ1) is 8.82. The molecule has 0 bridgehead atoms. The first-order valence-electron chi connectivity index (χ1n) is 6.61. The molecule has 1 amide bonds. The number of likely N-dealkylation sites (tertiary alicyclic amines) is 1. The Morgan fingerprint density at radius 3 is 2.79 bits per heavy atom. The van der Waals surface area contributed by atoms with Gasteiger partial charge in [-0.3, -0.25) is 4.79 Å². The average Bonchev–Trinajstić information content (AvgIpc) is 2.80. The number of hydrogen-bond acceptors (Lipinski definition) is 2. The van der Waals surface area contributed by atoms with Gasteiger partial charge in [0.25, 0.3) is 5.91 Å². The molecule has 1 aliphatic rings. The summed E-state index contributed by atoms with van der Waals surface area (Å²) in [6, 6.07) is 5.56. The Bertz CT molecular complexity index is 493. The third kappa shape index (κ3) is 2.84. The monoisotopic (exact) mass is 325 g/mol. The molecule has 0 aliphatic carbocycles. The second-order valence-electron chi connectivity index (χ2n) is 5.72. The van der Waals surface area contributed by atoms with Crippen LogP contribution in [0.4, 0.5) is 0 Å². The maximum Gasteiger partial charge on any atom is 0.254 e. The van der Waals surface area contributed by atoms with Gasteiger partial charge in [-0.1, -0.05) is 22.0 Å². The van der Waals surface area contributed by atoms with Crippen LogP contribution in [0.5, 0.6) is 0 Å². The summed E-state index contributed by atoms with van der Waals surface area (Å²) in [7, 11) is 0. The molecule has 1 heterocycles. The van der Waals surface area contributed by atoms with Crippen molar-refractivity contribution in [2.24, 2.45) is 0 Å². The van der Waals surface area contributed by atoms with Crippen LogP contribution in [0.3, 0.4) is 0 Å². The lowest BCUT2D eigenvalue weighted by molar-refractivity contribution is 0.000301. The first kappa shape index (κ1) is 14.5. The Morgan fingerprint density at radius 1 is 1.47 bits per heavy atom. The van der Waals surface area contributed by atoms with Crippen LogP contribution in [-0.2, 0) is 0 Å². The topological polar surface area (TPSA) is 40.5 Å². The smallest absolute Gasteiger partial charge is 0.254 e. The summed E-state index contributed by atoms with van der Waals surface area (Å²) in [6.45, 7) is 6.21. The number of carbonyl (C=O) groups is 1. The van der Waals surface area contributed by atoms with Crippen molar-refractivity contribution in [2.75, 3.05) is 6.54 Å². The van der Waals surface area contributed by atoms with Gasteiger partial charge >= 0.3 is 0 Å². The van der Waals surface area contributed by atoms with Gasteiger partial charge in [0.15, 0.2) is 0 Å². The highest BCUT2D eigenvalue weighted by Gasteiger charge is 2.39. The van der Waals surface area contributed by atoms with Crippen molar-refractivity contribution in [1.29, 1.82) is 0 Å². The number of halogens is 1. The van der Waals surface area contributed by atoms with Gasteiger partial charge < -0.3 is 10.0 Å². The Morgan fingerprint density at radius 2 is 2.16 bits per heavy atom. The number of hydrogen-bond donors (Lipinski definition) is 1. The van der Waals surface area contributed by atoms with Crippen LogP contribution < -0.4 is 0 Å². The summed E-state index contributed by atoms with van der Waals surface area (Å²) in [5, 5.41) is 10.2. The van der Waals surface area contributed by atoms with Crippen molar-refractivity contribution in [2.45, 2.75) is 45.3 Å². The number of amides is 1. The van der Waals surface area contributed by atoms with Crippen LogP contribution in [0.15, 0.2) is 22.7 Å². The van der Waals surface area contributed by atoms with Gasteiger partial charge in [-0.25, -0.2) is 0 Å². The largest absolute Gasteiger partial charge is 0.388 e. The average molecular weight is 326 g/mol. The predicted octanol–water partition coefficient (Wildman–Crippen LogP) is 3.13. The van der Waals surface area contributed by atoms with Crippen LogP contribution >= 0.6 is 15.9 Å². The molecule has 0 spiro atoms. The second-order valence-corrected chi connectivity index (χ2v) is 6.58. The van der Waals surface area contributed by atoms with Crippen molar-refractivity contribution >= 4 is 21.8 Å². The minimum absolute atomic E-state index is 0.0171. The van der Waals surface area contributed by atoms with E-state index < -0.39 is 5.60 Å². The molecule has 1 atom stereocenters. The zero-order valence-corrected chi connectivity index (χ0v) is 13.2. The fourth-order valence-electron chi connectivity index (χ4n) is 2.74. The second kappa shape index (κ2) is 5.25. The molecule has 1 aromatic carbocycles. The molecule has 104 valence electrons. The van der Waals surface area contributed by atoms with E-state index in [1.54, 1.807) is 13.8 Å². The van der Waals surface area contributed by atoms with Crippen molar-refractivity contribution in [1.82, 2.24) is 4.90 Å². The van der Waals surface area contributed by atoms with E-state index >= 15 is 0 Å². The number of aliphatic hydroxyl groups is 1. The van der Waals surface area contributed by atoms with Crippen LogP contribution in [0.1, 0.15) is 42.6 Å². The van der Waals surface area contributed by atoms with Gasteiger partial charge in [0.05, 0.1) is 11.6 Å². The van der Waals surface area contributed by atoms with E-state index in [0.717, 1.165) is 29.4 Å². The van der Waals surface area contributed by atoms with E-state index in [2.05, 4.69) is 15.9 Å². The fourth-order valence-corrected chi connectivity index (χ4v) is 3.10. The normalized spacial score (nSPS) is 19.8. The Balaban J connectivity index is 2.31. The molecule has 1 aliphatic heterocycles. The third-order valence-corrected chi connectivity index (χ3v) is 4.69. The zero-order valence-electron chi connectivity index (χ0n) is 11.6. The van der Waals surface area contributed by atoms with Crippen molar-refractivity contribution in [3.05, 3.63) is 33.8 Å². The standard InChI is InChI=1S/C15H20BrNO2/c1-10-11(6-4-7-12(10)16)14(18)17-9-5-8-13(17)15(2,3)19/h4,6-7,13,19H,5,8-9H2,1-3H3. The molecule has 0 radical (unpaired) electrons. The Kier molecular flexibility index (Phi) is 4.02. The lowest BCUT2D eigenvalue weighted by Gasteiger charge is -2.34. The molecule has 1 fully saturated rings. The highest BCUT2D eigenvalue weighted by Crippen LogP contribution is 2.29. The van der Waals surface area contributed by atoms with E-state index in [-0.39, 0.29) is 11.9 Å². The van der Waals surface area contributed by atoms with Gasteiger partial charge in [0.1, 0.15) is 0 Å². The number of benzene rings is 1. The lowest BCUT2D eigenvalue weighted by Crippen LogP contribution is -2.48. The lowest BCUT2D eigenvalue weighted by atomic mass is 9.96. The highest BCUT2D eigenvalue weighted by atomic mass is 79.9. The van der Waals surface area contributed by atoms with Gasteiger partial charge in [0, 0.05) is 16.6 Å². The summed E-state index contributed by atoms with van der Waals surface area (Å²) in [4.78, 5) is 14.5. The molecule has 0 saturated carbocycles. The molecule has 1 unspecified atom stereocenters. The summed E-state index contributed by atoms with van der Waals surface area (Å²) >= 11 is 3.46. The van der Waals surface area contributed by atoms with E-state index in [9.17, 15) is 9.90 Å². The van der Waals surface area contributed by atoms with E-state index in [1.165, 1.54) is 0 Å². The quantitative estimate of drug-likeness (QED) is 0.907. The Hall–Kier alpha value is -0.870. The molecule has 19 heavy (non-hydrogen) atoms. The molecule has 1 N–H and O–H groups in total. The van der Waals surface area contributed by atoms with Gasteiger partial charge in [-0.15, -0.1) is 0 Å². The summed E-state index contributed by atoms with van der Waals surface area (Å²) in [5.74, 6) is 0.0171. The zero-order chi connectivity index (χ0) is 14.2. The minimum Gasteiger partial charge on any atom is -0.388 e. The van der Waals surface area contributed by atoms with Crippen LogP contribution in [0, 0.1) is 6.92 Å². The van der Waals surface area contributed by atoms with Crippen molar-refractivity contribution in [3.8, 4) is 0 Å². The molecule has 4 heteroatoms. The molecule has 2 rings (SSSR count). The molecule has 0 aromatic heterocycles. The SMILES string of the molecule is Cc1c(Br)cccc1C(=O)N1CCCC1C(C)(C)O. The molecule has 1 saturated heterocycles. The highest BCUT2D eigenvalue weighted by molar-refractivity contribution is 9.10. The van der Waals surface area contributed by atoms with Crippen LogP contribution in [-0.4, -0.2) is 34.1 Å². The maximum absolute atomic E-state index is 12.7. The maximum atomic E-state index is 12.7. The number of carbonyl (C=O) groups excluding carboxylic acids is 1. The minimum atomic E-state index is -0.855. The number of nitrogens with zero attached hydrogens (tertiary/aromatic N) is 1. The molecule has 3 nitrogen and oxygen atoms in total. The van der Waals surface area contributed by atoms with Gasteiger partial charge in [-0.05, 0) is 51.3 Å². The van der Waals surface area contributed by atoms with Crippen molar-refractivity contribution < 1.29 is 9.90 Å². The van der Waals surface area contributed by atoms with E-state index in [1.807, 2.05) is 30.0 Å². The predicted molar refractivity (Wildman–Crippen MR) is 79.2 cm³/mol. The van der Waals surface area contributed by atoms with Crippen LogP contribution in [0.2, 0.25) is 0 Å². The molecule has 1 aromatic rings. The molecular weight excluding hydrogens is 306 g/mol. The first-order valence-corrected chi connectivity index (χ1v) is 7.40.